The Kier molecular flexibility index (Phi) is 88.8. The van der Waals surface area contributed by atoms with E-state index in [4.69, 9.17) is 30.6 Å². The van der Waals surface area contributed by atoms with Gasteiger partial charge in [-0.05, 0) is 25.7 Å². The second kappa shape index (κ2) is 84.3. The van der Waals surface area contributed by atoms with Gasteiger partial charge in [-0.15, -0.1) is 0 Å². The van der Waals surface area contributed by atoms with E-state index in [0.29, 0.717) is 25.7 Å². The molecule has 0 aromatic rings. The molecule has 0 radical (unpaired) electrons. The molecule has 9 nitrogen and oxygen atoms in total. The minimum absolute atomic E-state index is 0.156. The largest absolute Gasteiger partial charge is 0.481 e. The molecule has 0 bridgehead atoms. The molecule has 0 saturated carbocycles. The van der Waals surface area contributed by atoms with Crippen molar-refractivity contribution in [2.75, 3.05) is 19.8 Å². The third-order valence-corrected chi connectivity index (χ3v) is 18.2. The molecule has 9 heteroatoms. The topological polar surface area (TPSA) is 173 Å². The first-order valence-corrected chi connectivity index (χ1v) is 39.0. The van der Waals surface area contributed by atoms with E-state index >= 15 is 0 Å². The highest BCUT2D eigenvalue weighted by molar-refractivity contribution is 5.67. The van der Waals surface area contributed by atoms with Crippen molar-refractivity contribution >= 4 is 17.9 Å². The number of carboxylic acid groups (broad SMARTS) is 3. The van der Waals surface area contributed by atoms with Gasteiger partial charge in [0.15, 0.2) is 0 Å². The Hall–Kier alpha value is -1.71. The summed E-state index contributed by atoms with van der Waals surface area (Å²) in [6.45, 7) is 8.22. The molecule has 0 aliphatic rings. The van der Waals surface area contributed by atoms with Crippen molar-refractivity contribution in [2.24, 2.45) is 5.41 Å². The number of rotatable bonds is 70. The van der Waals surface area contributed by atoms with Gasteiger partial charge in [0.1, 0.15) is 0 Å². The van der Waals surface area contributed by atoms with Crippen LogP contribution in [0.5, 0.6) is 0 Å². The maximum atomic E-state index is 10.4. The normalized spacial score (nSPS) is 11.2. The number of aliphatic hydroxyl groups excluding tert-OH is 3. The van der Waals surface area contributed by atoms with Gasteiger partial charge in [0, 0.05) is 24.7 Å². The van der Waals surface area contributed by atoms with Crippen molar-refractivity contribution in [1.29, 1.82) is 0 Å². The van der Waals surface area contributed by atoms with Crippen molar-refractivity contribution in [3.8, 4) is 0 Å². The lowest BCUT2D eigenvalue weighted by atomic mass is 9.88. The average molecular weight is 1240 g/mol. The van der Waals surface area contributed by atoms with Crippen LogP contribution < -0.4 is 0 Å². The number of aliphatic carboxylic acids is 3. The Labute approximate surface area is 543 Å². The van der Waals surface area contributed by atoms with E-state index in [1.165, 1.54) is 366 Å². The first-order valence-electron chi connectivity index (χ1n) is 39.0. The molecular weight excluding hydrogens is 1080 g/mol. The zero-order chi connectivity index (χ0) is 64.7. The minimum Gasteiger partial charge on any atom is -0.481 e. The molecule has 0 spiro atoms. The summed E-state index contributed by atoms with van der Waals surface area (Å²) in [6.07, 6.45) is 87.8. The van der Waals surface area contributed by atoms with E-state index in [1.807, 2.05) is 6.92 Å². The Balaban J connectivity index is -0.000000553. The second-order valence-corrected chi connectivity index (χ2v) is 27.0. The highest BCUT2D eigenvalue weighted by atomic mass is 16.4. The molecular formula is C78H158O9. The Bertz CT molecular complexity index is 1110. The van der Waals surface area contributed by atoms with E-state index in [1.54, 1.807) is 0 Å². The van der Waals surface area contributed by atoms with Gasteiger partial charge in [-0.2, -0.15) is 0 Å². The molecule has 0 aliphatic carbocycles. The lowest BCUT2D eigenvalue weighted by Gasteiger charge is -2.24. The third kappa shape index (κ3) is 90.8. The summed E-state index contributed by atoms with van der Waals surface area (Å²) in [5, 5.41) is 51.7. The van der Waals surface area contributed by atoms with Crippen LogP contribution in [0.3, 0.4) is 0 Å². The maximum absolute atomic E-state index is 10.4. The van der Waals surface area contributed by atoms with Crippen molar-refractivity contribution in [1.82, 2.24) is 0 Å². The Morgan fingerprint density at radius 1 is 0.195 bits per heavy atom. The molecule has 87 heavy (non-hydrogen) atoms. The van der Waals surface area contributed by atoms with Crippen LogP contribution in [0, 0.1) is 5.41 Å². The van der Waals surface area contributed by atoms with Crippen LogP contribution in [0.2, 0.25) is 0 Å². The molecule has 524 valence electrons. The van der Waals surface area contributed by atoms with Crippen LogP contribution in [0.15, 0.2) is 0 Å². The van der Waals surface area contributed by atoms with Gasteiger partial charge in [-0.25, -0.2) is 0 Å². The quantitative estimate of drug-likeness (QED) is 0.0324. The van der Waals surface area contributed by atoms with Crippen molar-refractivity contribution in [2.45, 2.75) is 458 Å². The molecule has 0 aromatic heterocycles. The SMILES string of the molecule is CCC(CO)(CO)CO.CCCCCCCCCCCCCCCCCCCCCCCC(=O)O.CCCCCCCCCCCCCCCCCCCCCCCC(=O)O.CCCCCCCCCCCCCCCCCCCCCCCC(=O)O. The molecule has 6 N–H and O–H groups in total. The Morgan fingerprint density at radius 3 is 0.368 bits per heavy atom. The second-order valence-electron chi connectivity index (χ2n) is 27.0. The van der Waals surface area contributed by atoms with Crippen molar-refractivity contribution < 1.29 is 45.0 Å². The van der Waals surface area contributed by atoms with Crippen molar-refractivity contribution in [3.63, 3.8) is 0 Å². The lowest BCUT2D eigenvalue weighted by molar-refractivity contribution is -0.138. The number of aliphatic hydroxyl groups is 3. The monoisotopic (exact) mass is 1240 g/mol. The standard InChI is InChI=1S/3C24H48O2.C6H14O3/c3*1-2-3-4-5-6-7-8-9-10-11-12-13-14-15-16-17-18-19-20-21-22-23-24(25)26;1-2-6(3-7,4-8)5-9/h3*2-23H2,1H3,(H,25,26);7-9H,2-5H2,1H3. The van der Waals surface area contributed by atoms with Crippen LogP contribution in [-0.2, 0) is 14.4 Å². The van der Waals surface area contributed by atoms with Crippen LogP contribution in [0.1, 0.15) is 458 Å². The summed E-state index contributed by atoms with van der Waals surface area (Å²) in [7, 11) is 0. The number of unbranched alkanes of at least 4 members (excludes halogenated alkanes) is 60. The summed E-state index contributed by atoms with van der Waals surface area (Å²) >= 11 is 0. The summed E-state index contributed by atoms with van der Waals surface area (Å²) in [5.41, 5.74) is -0.667. The molecule has 0 aromatic carbocycles. The average Bonchev–Trinajstić information content (AvgIpc) is 3.58. The minimum atomic E-state index is -0.667. The predicted octanol–water partition coefficient (Wildman–Crippen LogP) is 25.4. The Morgan fingerprint density at radius 2 is 0.299 bits per heavy atom. The van der Waals surface area contributed by atoms with Gasteiger partial charge in [0.2, 0.25) is 0 Å². The number of hydrogen-bond acceptors (Lipinski definition) is 6. The molecule has 0 atom stereocenters. The molecule has 0 aliphatic heterocycles. The smallest absolute Gasteiger partial charge is 0.303 e. The zero-order valence-electron chi connectivity index (χ0n) is 59.4. The number of carboxylic acids is 3. The first-order chi connectivity index (χ1) is 42.6. The highest BCUT2D eigenvalue weighted by Gasteiger charge is 2.25. The highest BCUT2D eigenvalue weighted by Crippen LogP contribution is 2.21. The maximum Gasteiger partial charge on any atom is 0.303 e. The molecule has 0 fully saturated rings. The van der Waals surface area contributed by atoms with E-state index in [9.17, 15) is 14.4 Å². The van der Waals surface area contributed by atoms with Gasteiger partial charge in [0.05, 0.1) is 19.8 Å². The zero-order valence-corrected chi connectivity index (χ0v) is 59.4. The van der Waals surface area contributed by atoms with Gasteiger partial charge >= 0.3 is 17.9 Å². The number of hydrogen-bond donors (Lipinski definition) is 6. The van der Waals surface area contributed by atoms with Gasteiger partial charge in [-0.3, -0.25) is 14.4 Å². The van der Waals surface area contributed by atoms with E-state index in [0.717, 1.165) is 38.5 Å². The summed E-state index contributed by atoms with van der Waals surface area (Å²) in [5.74, 6) is -1.95. The van der Waals surface area contributed by atoms with Crippen LogP contribution in [0.4, 0.5) is 0 Å². The van der Waals surface area contributed by atoms with Crippen LogP contribution in [-0.4, -0.2) is 68.4 Å². The summed E-state index contributed by atoms with van der Waals surface area (Å²) in [6, 6.07) is 0. The van der Waals surface area contributed by atoms with Crippen LogP contribution >= 0.6 is 0 Å². The van der Waals surface area contributed by atoms with Gasteiger partial charge in [0.25, 0.3) is 0 Å². The van der Waals surface area contributed by atoms with E-state index in [-0.39, 0.29) is 19.8 Å². The fourth-order valence-electron chi connectivity index (χ4n) is 11.6. The predicted molar refractivity (Wildman–Crippen MR) is 379 cm³/mol. The molecule has 0 saturated heterocycles. The summed E-state index contributed by atoms with van der Waals surface area (Å²) < 4.78 is 0. The van der Waals surface area contributed by atoms with Crippen LogP contribution in [0.25, 0.3) is 0 Å². The van der Waals surface area contributed by atoms with Gasteiger partial charge in [-0.1, -0.05) is 413 Å². The van der Waals surface area contributed by atoms with E-state index < -0.39 is 23.3 Å². The molecule has 0 rings (SSSR count). The fraction of sp³-hybridized carbons (Fsp3) is 0.962. The molecule has 0 heterocycles. The molecule has 0 unspecified atom stereocenters. The van der Waals surface area contributed by atoms with Gasteiger partial charge < -0.3 is 30.6 Å². The lowest BCUT2D eigenvalue weighted by Crippen LogP contribution is -2.32. The fourth-order valence-corrected chi connectivity index (χ4v) is 11.6. The number of carbonyl (C=O) groups is 3. The van der Waals surface area contributed by atoms with E-state index in [2.05, 4.69) is 20.8 Å². The van der Waals surface area contributed by atoms with Crippen molar-refractivity contribution in [3.05, 3.63) is 0 Å². The summed E-state index contributed by atoms with van der Waals surface area (Å²) in [4.78, 5) is 31.2. The first kappa shape index (κ1) is 91.7. The third-order valence-electron chi connectivity index (χ3n) is 18.2. The molecule has 0 amide bonds.